The number of nitrogens with two attached hydrogens (primary N) is 1. The molecular formula is C20H24N6. The van der Waals surface area contributed by atoms with Gasteiger partial charge in [0.15, 0.2) is 0 Å². The molecule has 1 saturated heterocycles. The second-order valence-corrected chi connectivity index (χ2v) is 6.82. The van der Waals surface area contributed by atoms with E-state index in [0.717, 1.165) is 38.9 Å². The van der Waals surface area contributed by atoms with Gasteiger partial charge in [-0.15, -0.1) is 0 Å². The smallest absolute Gasteiger partial charge is 0.230 e. The fraction of sp³-hybridized carbons (Fsp3) is 0.350. The number of benzene rings is 2. The molecule has 0 aliphatic carbocycles. The average Bonchev–Trinajstić information content (AvgIpc) is 2.68. The summed E-state index contributed by atoms with van der Waals surface area (Å²) in [7, 11) is 0. The van der Waals surface area contributed by atoms with Crippen LogP contribution in [0.2, 0.25) is 0 Å². The molecule has 2 aromatic carbocycles. The molecule has 1 atom stereocenters. The number of nitrogens with one attached hydrogen (secondary N) is 1. The Hall–Kier alpha value is -2.73. The molecule has 26 heavy (non-hydrogen) atoms. The Morgan fingerprint density at radius 3 is 2.88 bits per heavy atom. The molecule has 1 aliphatic heterocycles. The van der Waals surface area contributed by atoms with Crippen molar-refractivity contribution < 1.29 is 0 Å². The van der Waals surface area contributed by atoms with Crippen LogP contribution >= 0.6 is 0 Å². The maximum Gasteiger partial charge on any atom is 0.230 e. The summed E-state index contributed by atoms with van der Waals surface area (Å²) < 4.78 is 0. The van der Waals surface area contributed by atoms with Crippen LogP contribution in [0.4, 0.5) is 11.9 Å². The zero-order valence-corrected chi connectivity index (χ0v) is 14.8. The van der Waals surface area contributed by atoms with Crippen molar-refractivity contribution in [2.75, 3.05) is 29.9 Å². The first-order chi connectivity index (χ1) is 12.8. The highest BCUT2D eigenvalue weighted by Crippen LogP contribution is 2.17. The van der Waals surface area contributed by atoms with Gasteiger partial charge >= 0.3 is 0 Å². The third-order valence-corrected chi connectivity index (χ3v) is 4.81. The lowest BCUT2D eigenvalue weighted by Gasteiger charge is -2.30. The van der Waals surface area contributed by atoms with Gasteiger partial charge in [-0.05, 0) is 35.6 Å². The third kappa shape index (κ3) is 3.91. The van der Waals surface area contributed by atoms with Crippen LogP contribution < -0.4 is 16.0 Å². The minimum Gasteiger partial charge on any atom is -0.354 e. The number of anilines is 2. The molecule has 0 radical (unpaired) electrons. The highest BCUT2D eigenvalue weighted by atomic mass is 15.3. The molecule has 1 aromatic heterocycles. The number of piperidine rings is 1. The molecule has 1 unspecified atom stereocenters. The second kappa shape index (κ2) is 7.66. The lowest BCUT2D eigenvalue weighted by Crippen LogP contribution is -2.43. The Morgan fingerprint density at radius 1 is 1.12 bits per heavy atom. The Labute approximate surface area is 153 Å². The van der Waals surface area contributed by atoms with Crippen molar-refractivity contribution in [3.05, 3.63) is 54.4 Å². The molecule has 3 aromatic rings. The molecule has 4 rings (SSSR count). The summed E-state index contributed by atoms with van der Waals surface area (Å²) in [5, 5.41) is 5.85. The number of fused-ring (bicyclic) bond motifs is 1. The van der Waals surface area contributed by atoms with E-state index >= 15 is 0 Å². The molecule has 3 N–H and O–H groups in total. The van der Waals surface area contributed by atoms with E-state index in [2.05, 4.69) is 67.6 Å². The van der Waals surface area contributed by atoms with Crippen LogP contribution in [-0.2, 0) is 6.42 Å². The van der Waals surface area contributed by atoms with Crippen LogP contribution in [0.15, 0.2) is 48.8 Å². The van der Waals surface area contributed by atoms with E-state index in [1.165, 1.54) is 16.3 Å². The number of hydrogen-bond acceptors (Lipinski definition) is 6. The molecule has 0 bridgehead atoms. The largest absolute Gasteiger partial charge is 0.354 e. The van der Waals surface area contributed by atoms with Crippen molar-refractivity contribution in [2.24, 2.45) is 5.73 Å². The molecule has 2 heterocycles. The van der Waals surface area contributed by atoms with Gasteiger partial charge < -0.3 is 16.0 Å². The van der Waals surface area contributed by atoms with E-state index in [4.69, 9.17) is 5.73 Å². The lowest BCUT2D eigenvalue weighted by molar-refractivity contribution is 0.499. The highest BCUT2D eigenvalue weighted by Gasteiger charge is 2.19. The summed E-state index contributed by atoms with van der Waals surface area (Å²) in [4.78, 5) is 15.2. The van der Waals surface area contributed by atoms with Crippen LogP contribution in [-0.4, -0.2) is 40.6 Å². The van der Waals surface area contributed by atoms with Gasteiger partial charge in [0.1, 0.15) is 6.33 Å². The Kier molecular flexibility index (Phi) is 4.93. The van der Waals surface area contributed by atoms with Gasteiger partial charge in [0.05, 0.1) is 0 Å². The second-order valence-electron chi connectivity index (χ2n) is 6.82. The van der Waals surface area contributed by atoms with Crippen molar-refractivity contribution in [3.8, 4) is 0 Å². The van der Waals surface area contributed by atoms with Gasteiger partial charge in [0.25, 0.3) is 0 Å². The fourth-order valence-corrected chi connectivity index (χ4v) is 3.43. The number of aromatic nitrogens is 3. The van der Waals surface area contributed by atoms with Crippen molar-refractivity contribution in [1.29, 1.82) is 0 Å². The van der Waals surface area contributed by atoms with Crippen LogP contribution in [0.5, 0.6) is 0 Å². The minimum absolute atomic E-state index is 0.199. The summed E-state index contributed by atoms with van der Waals surface area (Å²) in [6, 6.07) is 15.2. The Morgan fingerprint density at radius 2 is 2.00 bits per heavy atom. The normalized spacial score (nSPS) is 17.4. The number of hydrogen-bond donors (Lipinski definition) is 2. The summed E-state index contributed by atoms with van der Waals surface area (Å²) in [5.41, 5.74) is 7.35. The molecule has 6 heteroatoms. The molecule has 6 nitrogen and oxygen atoms in total. The third-order valence-electron chi connectivity index (χ3n) is 4.81. The molecule has 1 aliphatic rings. The lowest BCUT2D eigenvalue weighted by atomic mass is 10.1. The van der Waals surface area contributed by atoms with Gasteiger partial charge in [0.2, 0.25) is 11.9 Å². The maximum absolute atomic E-state index is 6.06. The summed E-state index contributed by atoms with van der Waals surface area (Å²) in [6.07, 6.45) is 4.64. The van der Waals surface area contributed by atoms with Crippen LogP contribution in [0, 0.1) is 0 Å². The van der Waals surface area contributed by atoms with Crippen LogP contribution in [0.25, 0.3) is 10.8 Å². The van der Waals surface area contributed by atoms with Crippen molar-refractivity contribution in [3.63, 3.8) is 0 Å². The Balaban J connectivity index is 1.37. The number of rotatable bonds is 5. The van der Waals surface area contributed by atoms with E-state index in [9.17, 15) is 0 Å². The molecule has 0 amide bonds. The van der Waals surface area contributed by atoms with E-state index < -0.39 is 0 Å². The van der Waals surface area contributed by atoms with Crippen molar-refractivity contribution in [2.45, 2.75) is 25.3 Å². The summed E-state index contributed by atoms with van der Waals surface area (Å²) in [6.45, 7) is 2.54. The van der Waals surface area contributed by atoms with E-state index in [1.54, 1.807) is 6.33 Å². The molecule has 1 fully saturated rings. The van der Waals surface area contributed by atoms with Crippen LogP contribution in [0.3, 0.4) is 0 Å². The highest BCUT2D eigenvalue weighted by molar-refractivity contribution is 5.82. The van der Waals surface area contributed by atoms with E-state index in [-0.39, 0.29) is 6.04 Å². The first kappa shape index (κ1) is 16.7. The predicted octanol–water partition coefficient (Wildman–Crippen LogP) is 2.61. The van der Waals surface area contributed by atoms with Crippen molar-refractivity contribution in [1.82, 2.24) is 15.0 Å². The summed E-state index contributed by atoms with van der Waals surface area (Å²) in [5.74, 6) is 1.33. The first-order valence-corrected chi connectivity index (χ1v) is 9.19. The summed E-state index contributed by atoms with van der Waals surface area (Å²) >= 11 is 0. The molecule has 0 saturated carbocycles. The van der Waals surface area contributed by atoms with Crippen molar-refractivity contribution >= 4 is 22.7 Å². The van der Waals surface area contributed by atoms with Gasteiger partial charge in [-0.3, -0.25) is 0 Å². The number of nitrogens with zero attached hydrogens (tertiary/aromatic N) is 4. The zero-order chi connectivity index (χ0) is 17.8. The average molecular weight is 348 g/mol. The monoisotopic (exact) mass is 348 g/mol. The molecule has 134 valence electrons. The standard InChI is InChI=1S/C20H24N6/c21-18-6-3-11-26(13-18)20-24-14-23-19(25-20)22-10-9-15-7-8-16-4-1-2-5-17(16)12-15/h1-2,4-5,7-8,12,14,18H,3,6,9-11,13,21H2,(H,22,23,24,25). The minimum atomic E-state index is 0.199. The SMILES string of the molecule is NC1CCCN(c2ncnc(NCCc3ccc4ccccc4c3)n2)C1. The molecule has 0 spiro atoms. The Bertz CT molecular complexity index is 881. The zero-order valence-electron chi connectivity index (χ0n) is 14.8. The fourth-order valence-electron chi connectivity index (χ4n) is 3.43. The van der Waals surface area contributed by atoms with Gasteiger partial charge in [0, 0.05) is 25.7 Å². The van der Waals surface area contributed by atoms with Crippen LogP contribution in [0.1, 0.15) is 18.4 Å². The first-order valence-electron chi connectivity index (χ1n) is 9.19. The van der Waals surface area contributed by atoms with Gasteiger partial charge in [-0.2, -0.15) is 4.98 Å². The quantitative estimate of drug-likeness (QED) is 0.738. The topological polar surface area (TPSA) is 80.0 Å². The predicted molar refractivity (Wildman–Crippen MR) is 105 cm³/mol. The van der Waals surface area contributed by atoms with Gasteiger partial charge in [-0.1, -0.05) is 42.5 Å². The van der Waals surface area contributed by atoms with E-state index in [1.807, 2.05) is 0 Å². The van der Waals surface area contributed by atoms with Gasteiger partial charge in [-0.25, -0.2) is 9.97 Å². The molecular weight excluding hydrogens is 324 g/mol. The van der Waals surface area contributed by atoms with E-state index in [0.29, 0.717) is 11.9 Å². The maximum atomic E-state index is 6.06.